The summed E-state index contributed by atoms with van der Waals surface area (Å²) in [4.78, 5) is 39.3. The SMILES string of the molecule is CCOc1cc(/C=C2\SC(=O)N(Cc3c(F)cccc3Cl)C2=O)cc(I)c1OC(=O)c1ccccc1Cl. The summed E-state index contributed by atoms with van der Waals surface area (Å²) in [6, 6.07) is 14.0. The number of rotatable bonds is 7. The topological polar surface area (TPSA) is 72.9 Å². The number of carbonyl (C=O) groups is 3. The van der Waals surface area contributed by atoms with Crippen molar-refractivity contribution in [3.63, 3.8) is 0 Å². The number of esters is 1. The highest BCUT2D eigenvalue weighted by Crippen LogP contribution is 2.39. The summed E-state index contributed by atoms with van der Waals surface area (Å²) in [6.45, 7) is 1.78. The fourth-order valence-electron chi connectivity index (χ4n) is 3.44. The molecule has 0 N–H and O–H groups in total. The van der Waals surface area contributed by atoms with E-state index in [9.17, 15) is 18.8 Å². The minimum atomic E-state index is -0.648. The molecule has 190 valence electrons. The highest BCUT2D eigenvalue weighted by molar-refractivity contribution is 14.1. The van der Waals surface area contributed by atoms with Crippen LogP contribution in [0.1, 0.15) is 28.4 Å². The summed E-state index contributed by atoms with van der Waals surface area (Å²) < 4.78 is 26.0. The number of hydrogen-bond donors (Lipinski definition) is 0. The van der Waals surface area contributed by atoms with Crippen molar-refractivity contribution in [3.8, 4) is 11.5 Å². The van der Waals surface area contributed by atoms with Crippen LogP contribution in [0.4, 0.5) is 9.18 Å². The molecule has 6 nitrogen and oxygen atoms in total. The highest BCUT2D eigenvalue weighted by Gasteiger charge is 2.36. The third kappa shape index (κ3) is 6.11. The molecule has 0 radical (unpaired) electrons. The van der Waals surface area contributed by atoms with E-state index in [1.807, 2.05) is 22.6 Å². The van der Waals surface area contributed by atoms with E-state index in [0.29, 0.717) is 9.13 Å². The Morgan fingerprint density at radius 1 is 1.11 bits per heavy atom. The van der Waals surface area contributed by atoms with E-state index in [4.69, 9.17) is 32.7 Å². The molecule has 0 aliphatic carbocycles. The predicted molar refractivity (Wildman–Crippen MR) is 150 cm³/mol. The first-order valence-corrected chi connectivity index (χ1v) is 13.5. The Kier molecular flexibility index (Phi) is 8.79. The molecule has 11 heteroatoms. The van der Waals surface area contributed by atoms with Crippen molar-refractivity contribution in [3.05, 3.63) is 95.6 Å². The van der Waals surface area contributed by atoms with E-state index < -0.39 is 22.9 Å². The van der Waals surface area contributed by atoms with Gasteiger partial charge >= 0.3 is 5.97 Å². The van der Waals surface area contributed by atoms with Gasteiger partial charge in [-0.25, -0.2) is 9.18 Å². The molecule has 3 aromatic rings. The zero-order valence-corrected chi connectivity index (χ0v) is 23.6. The second kappa shape index (κ2) is 11.8. The van der Waals surface area contributed by atoms with E-state index >= 15 is 0 Å². The fourth-order valence-corrected chi connectivity index (χ4v) is 5.45. The molecule has 1 heterocycles. The van der Waals surface area contributed by atoms with Gasteiger partial charge in [0.1, 0.15) is 5.82 Å². The molecule has 37 heavy (non-hydrogen) atoms. The van der Waals surface area contributed by atoms with Gasteiger partial charge in [-0.2, -0.15) is 0 Å². The van der Waals surface area contributed by atoms with Crippen LogP contribution < -0.4 is 9.47 Å². The molecule has 1 aliphatic heterocycles. The van der Waals surface area contributed by atoms with Crippen LogP contribution in [0.2, 0.25) is 10.0 Å². The Morgan fingerprint density at radius 3 is 2.54 bits per heavy atom. The summed E-state index contributed by atoms with van der Waals surface area (Å²) >= 11 is 14.9. The van der Waals surface area contributed by atoms with Gasteiger partial charge in [0, 0.05) is 10.6 Å². The average molecular weight is 672 g/mol. The maximum Gasteiger partial charge on any atom is 0.345 e. The van der Waals surface area contributed by atoms with Crippen LogP contribution in [0.5, 0.6) is 11.5 Å². The summed E-state index contributed by atoms with van der Waals surface area (Å²) in [7, 11) is 0. The molecule has 4 rings (SSSR count). The van der Waals surface area contributed by atoms with Crippen molar-refractivity contribution in [2.75, 3.05) is 6.61 Å². The van der Waals surface area contributed by atoms with E-state index in [-0.39, 0.29) is 50.7 Å². The van der Waals surface area contributed by atoms with Gasteiger partial charge in [-0.05, 0) is 89.3 Å². The van der Waals surface area contributed by atoms with Crippen molar-refractivity contribution in [1.29, 1.82) is 0 Å². The van der Waals surface area contributed by atoms with Gasteiger partial charge in [0.2, 0.25) is 0 Å². The van der Waals surface area contributed by atoms with Crippen LogP contribution in [-0.4, -0.2) is 28.6 Å². The number of carbonyl (C=O) groups excluding carboxylic acids is 3. The predicted octanol–water partition coefficient (Wildman–Crippen LogP) is 7.59. The molecule has 0 bridgehead atoms. The Morgan fingerprint density at radius 2 is 1.84 bits per heavy atom. The number of ether oxygens (including phenoxy) is 2. The smallest absolute Gasteiger partial charge is 0.345 e. The molecular formula is C26H17Cl2FINO5S. The lowest BCUT2D eigenvalue weighted by Gasteiger charge is -2.15. The molecule has 3 aromatic carbocycles. The number of benzene rings is 3. The Labute approximate surface area is 239 Å². The summed E-state index contributed by atoms with van der Waals surface area (Å²) in [5.74, 6) is -1.35. The lowest BCUT2D eigenvalue weighted by molar-refractivity contribution is -0.123. The second-order valence-corrected chi connectivity index (χ2v) is 10.6. The van der Waals surface area contributed by atoms with Crippen LogP contribution in [-0.2, 0) is 11.3 Å². The fraction of sp³-hybridized carbons (Fsp3) is 0.115. The second-order valence-electron chi connectivity index (χ2n) is 7.60. The third-order valence-electron chi connectivity index (χ3n) is 5.17. The van der Waals surface area contributed by atoms with Crippen LogP contribution in [0.3, 0.4) is 0 Å². The van der Waals surface area contributed by atoms with Crippen molar-refractivity contribution in [2.45, 2.75) is 13.5 Å². The van der Waals surface area contributed by atoms with Gasteiger partial charge in [-0.3, -0.25) is 14.5 Å². The molecule has 0 atom stereocenters. The summed E-state index contributed by atoms with van der Waals surface area (Å²) in [6.07, 6.45) is 1.53. The third-order valence-corrected chi connectivity index (χ3v) is 7.56. The van der Waals surface area contributed by atoms with E-state index in [2.05, 4.69) is 0 Å². The maximum absolute atomic E-state index is 14.2. The first-order valence-electron chi connectivity index (χ1n) is 10.8. The standard InChI is InChI=1S/C26H17Cl2FINO5S/c1-2-35-21-11-14(10-20(30)23(21)36-25(33)15-6-3-4-7-17(15)27)12-22-24(32)31(26(34)37-22)13-16-18(28)8-5-9-19(16)29/h3-12H,2,13H2,1H3/b22-12-. The number of halogens is 4. The minimum Gasteiger partial charge on any atom is -0.490 e. The number of thioether (sulfide) groups is 1. The Bertz CT molecular complexity index is 1430. The molecule has 1 saturated heterocycles. The average Bonchev–Trinajstić information content (AvgIpc) is 3.11. The first-order chi connectivity index (χ1) is 17.7. The van der Waals surface area contributed by atoms with Crippen LogP contribution in [0.15, 0.2) is 59.5 Å². The molecule has 2 amide bonds. The monoisotopic (exact) mass is 671 g/mol. The van der Waals surface area contributed by atoms with Gasteiger partial charge in [0.25, 0.3) is 11.1 Å². The molecule has 1 aliphatic rings. The molecule has 0 saturated carbocycles. The van der Waals surface area contributed by atoms with E-state index in [1.165, 1.54) is 24.3 Å². The highest BCUT2D eigenvalue weighted by atomic mass is 127. The minimum absolute atomic E-state index is 0.0607. The van der Waals surface area contributed by atoms with E-state index in [0.717, 1.165) is 16.7 Å². The Balaban J connectivity index is 1.61. The summed E-state index contributed by atoms with van der Waals surface area (Å²) in [5.41, 5.74) is 0.806. The molecule has 0 aromatic heterocycles. The number of hydrogen-bond acceptors (Lipinski definition) is 6. The molecule has 0 unspecified atom stereocenters. The van der Waals surface area contributed by atoms with Crippen molar-refractivity contribution in [1.82, 2.24) is 4.90 Å². The zero-order chi connectivity index (χ0) is 26.7. The van der Waals surface area contributed by atoms with Crippen molar-refractivity contribution in [2.24, 2.45) is 0 Å². The molecular weight excluding hydrogens is 655 g/mol. The number of nitrogens with zero attached hydrogens (tertiary/aromatic N) is 1. The van der Waals surface area contributed by atoms with Crippen LogP contribution >= 0.6 is 57.6 Å². The van der Waals surface area contributed by atoms with Gasteiger partial charge in [0.15, 0.2) is 11.5 Å². The lowest BCUT2D eigenvalue weighted by Crippen LogP contribution is -2.28. The van der Waals surface area contributed by atoms with E-state index in [1.54, 1.807) is 43.3 Å². The molecule has 0 spiro atoms. The van der Waals surface area contributed by atoms with Crippen LogP contribution in [0, 0.1) is 9.39 Å². The quantitative estimate of drug-likeness (QED) is 0.112. The number of imide groups is 1. The maximum atomic E-state index is 14.2. The van der Waals surface area contributed by atoms with Crippen molar-refractivity contribution >= 4 is 80.7 Å². The van der Waals surface area contributed by atoms with Gasteiger partial charge in [-0.15, -0.1) is 0 Å². The first kappa shape index (κ1) is 27.4. The van der Waals surface area contributed by atoms with Gasteiger partial charge in [0.05, 0.1) is 32.2 Å². The van der Waals surface area contributed by atoms with Gasteiger partial charge < -0.3 is 9.47 Å². The molecule has 1 fully saturated rings. The number of amides is 2. The zero-order valence-electron chi connectivity index (χ0n) is 19.1. The summed E-state index contributed by atoms with van der Waals surface area (Å²) in [5, 5.41) is -0.161. The normalized spacial score (nSPS) is 14.4. The van der Waals surface area contributed by atoms with Gasteiger partial charge in [-0.1, -0.05) is 41.4 Å². The lowest BCUT2D eigenvalue weighted by atomic mass is 10.1. The van der Waals surface area contributed by atoms with Crippen LogP contribution in [0.25, 0.3) is 6.08 Å². The van der Waals surface area contributed by atoms with Crippen molar-refractivity contribution < 1.29 is 28.2 Å². The largest absolute Gasteiger partial charge is 0.490 e. The Hall–Kier alpha value is -2.60.